The van der Waals surface area contributed by atoms with E-state index in [0.29, 0.717) is 5.56 Å². The molecule has 0 aromatic heterocycles. The van der Waals surface area contributed by atoms with E-state index < -0.39 is 54.6 Å². The Bertz CT molecular complexity index is 1240. The lowest BCUT2D eigenvalue weighted by molar-refractivity contribution is -0.288. The van der Waals surface area contributed by atoms with E-state index in [0.717, 1.165) is 26.3 Å². The van der Waals surface area contributed by atoms with Crippen LogP contribution in [0.1, 0.15) is 43.6 Å². The Balaban J connectivity index is 1.86. The molecule has 1 aliphatic heterocycles. The van der Waals surface area contributed by atoms with Gasteiger partial charge in [-0.3, -0.25) is 24.0 Å². The van der Waals surface area contributed by atoms with Crippen molar-refractivity contribution in [2.24, 2.45) is 0 Å². The number of ether oxygens (including phenoxy) is 6. The molecule has 0 aliphatic carbocycles. The molecule has 11 nitrogen and oxygen atoms in total. The molecule has 0 N–H and O–H groups in total. The van der Waals surface area contributed by atoms with Crippen molar-refractivity contribution >= 4 is 35.7 Å². The molecule has 11 heteroatoms. The number of allylic oxidation sites excluding steroid dienone is 1. The Kier molecular flexibility index (Phi) is 10.5. The van der Waals surface area contributed by atoms with Gasteiger partial charge >= 0.3 is 23.9 Å². The molecule has 2 aromatic carbocycles. The molecule has 0 bridgehead atoms. The van der Waals surface area contributed by atoms with Crippen molar-refractivity contribution in [1.29, 1.82) is 0 Å². The van der Waals surface area contributed by atoms with E-state index >= 15 is 0 Å². The van der Waals surface area contributed by atoms with Crippen LogP contribution in [0.25, 0.3) is 6.08 Å². The Hall–Kier alpha value is -4.51. The predicted octanol–water partition coefficient (Wildman–Crippen LogP) is 3.04. The summed E-state index contributed by atoms with van der Waals surface area (Å²) in [6.07, 6.45) is -3.38. The summed E-state index contributed by atoms with van der Waals surface area (Å²) in [7, 11) is 0. The van der Waals surface area contributed by atoms with Gasteiger partial charge in [0.15, 0.2) is 18.0 Å². The normalized spacial score (nSPS) is 22.1. The van der Waals surface area contributed by atoms with Crippen molar-refractivity contribution in [1.82, 2.24) is 0 Å². The average molecular weight is 555 g/mol. The molecule has 0 spiro atoms. The Morgan fingerprint density at radius 1 is 0.725 bits per heavy atom. The maximum absolute atomic E-state index is 12.6. The topological polar surface area (TPSA) is 141 Å². The van der Waals surface area contributed by atoms with Crippen molar-refractivity contribution in [2.75, 3.05) is 6.61 Å². The van der Waals surface area contributed by atoms with Gasteiger partial charge in [0.2, 0.25) is 12.4 Å². The molecule has 1 aliphatic rings. The maximum atomic E-state index is 12.6. The highest BCUT2D eigenvalue weighted by Crippen LogP contribution is 2.31. The number of ketones is 1. The summed E-state index contributed by atoms with van der Waals surface area (Å²) in [5, 5.41) is 0. The predicted molar refractivity (Wildman–Crippen MR) is 139 cm³/mol. The largest absolute Gasteiger partial charge is 0.463 e. The highest BCUT2D eigenvalue weighted by Gasteiger charge is 2.53. The number of hydrogen-bond acceptors (Lipinski definition) is 11. The fraction of sp³-hybridized carbons (Fsp3) is 0.345. The van der Waals surface area contributed by atoms with E-state index in [9.17, 15) is 24.0 Å². The summed E-state index contributed by atoms with van der Waals surface area (Å²) in [5.41, 5.74) is 1.26. The fourth-order valence-corrected chi connectivity index (χ4v) is 3.95. The van der Waals surface area contributed by atoms with Gasteiger partial charge in [-0.1, -0.05) is 36.4 Å². The Labute approximate surface area is 230 Å². The van der Waals surface area contributed by atoms with Gasteiger partial charge in [-0.25, -0.2) is 0 Å². The zero-order valence-electron chi connectivity index (χ0n) is 22.4. The van der Waals surface area contributed by atoms with Crippen molar-refractivity contribution < 1.29 is 52.4 Å². The minimum Gasteiger partial charge on any atom is -0.463 e. The number of benzene rings is 2. The number of carbonyl (C=O) groups excluding carboxylic acids is 5. The lowest BCUT2D eigenvalue weighted by atomic mass is 9.98. The second kappa shape index (κ2) is 14.0. The molecule has 2 aromatic rings. The first kappa shape index (κ1) is 30.0. The van der Waals surface area contributed by atoms with E-state index in [4.69, 9.17) is 28.4 Å². The lowest BCUT2D eigenvalue weighted by Gasteiger charge is -2.43. The second-order valence-electron chi connectivity index (χ2n) is 8.82. The quantitative estimate of drug-likeness (QED) is 0.185. The SMILES string of the molecule is CC(=O)OCC1OC(Oc2ccc(C(=O)C=Cc3ccccc3)cc2)C(OC(C)=O)C(OC(C)=O)C1OC(C)=O. The molecule has 212 valence electrons. The molecular weight excluding hydrogens is 524 g/mol. The molecule has 0 radical (unpaired) electrons. The smallest absolute Gasteiger partial charge is 0.303 e. The summed E-state index contributed by atoms with van der Waals surface area (Å²) in [4.78, 5) is 59.8. The van der Waals surface area contributed by atoms with Gasteiger partial charge in [0.05, 0.1) is 0 Å². The Morgan fingerprint density at radius 3 is 1.88 bits per heavy atom. The molecule has 1 saturated heterocycles. The van der Waals surface area contributed by atoms with Gasteiger partial charge in [-0.15, -0.1) is 0 Å². The van der Waals surface area contributed by atoms with Crippen LogP contribution >= 0.6 is 0 Å². The minimum atomic E-state index is -1.37. The van der Waals surface area contributed by atoms with Gasteiger partial charge in [-0.05, 0) is 35.9 Å². The minimum absolute atomic E-state index is 0.226. The first-order chi connectivity index (χ1) is 19.0. The van der Waals surface area contributed by atoms with Gasteiger partial charge < -0.3 is 28.4 Å². The van der Waals surface area contributed by atoms with E-state index in [2.05, 4.69) is 0 Å². The first-order valence-corrected chi connectivity index (χ1v) is 12.4. The van der Waals surface area contributed by atoms with E-state index in [-0.39, 0.29) is 18.1 Å². The summed E-state index contributed by atoms with van der Waals surface area (Å²) in [6.45, 7) is 4.20. The third-order valence-corrected chi connectivity index (χ3v) is 5.57. The van der Waals surface area contributed by atoms with E-state index in [1.54, 1.807) is 6.08 Å². The van der Waals surface area contributed by atoms with Crippen LogP contribution in [0.2, 0.25) is 0 Å². The molecule has 5 atom stereocenters. The number of rotatable bonds is 10. The fourth-order valence-electron chi connectivity index (χ4n) is 3.95. The third-order valence-electron chi connectivity index (χ3n) is 5.57. The van der Waals surface area contributed by atoms with Crippen LogP contribution in [-0.2, 0) is 42.9 Å². The molecule has 5 unspecified atom stereocenters. The summed E-state index contributed by atoms with van der Waals surface area (Å²) >= 11 is 0. The molecule has 40 heavy (non-hydrogen) atoms. The zero-order valence-corrected chi connectivity index (χ0v) is 22.4. The van der Waals surface area contributed by atoms with Gasteiger partial charge in [0, 0.05) is 33.3 Å². The average Bonchev–Trinajstić information content (AvgIpc) is 2.89. The number of esters is 4. The van der Waals surface area contributed by atoms with Crippen molar-refractivity contribution in [2.45, 2.75) is 58.4 Å². The molecule has 1 fully saturated rings. The Morgan fingerprint density at radius 2 is 1.30 bits per heavy atom. The summed E-state index contributed by atoms with van der Waals surface area (Å²) in [5.74, 6) is -2.87. The number of carbonyl (C=O) groups is 5. The highest BCUT2D eigenvalue weighted by atomic mass is 16.7. The maximum Gasteiger partial charge on any atom is 0.303 e. The highest BCUT2D eigenvalue weighted by molar-refractivity contribution is 6.06. The lowest BCUT2D eigenvalue weighted by Crippen LogP contribution is -2.63. The van der Waals surface area contributed by atoms with E-state index in [1.807, 2.05) is 30.3 Å². The van der Waals surface area contributed by atoms with Crippen molar-refractivity contribution in [3.63, 3.8) is 0 Å². The van der Waals surface area contributed by atoms with Crippen LogP contribution in [0.3, 0.4) is 0 Å². The summed E-state index contributed by atoms with van der Waals surface area (Å²) in [6, 6.07) is 15.5. The first-order valence-electron chi connectivity index (χ1n) is 12.4. The van der Waals surface area contributed by atoms with Crippen LogP contribution in [0.5, 0.6) is 5.75 Å². The van der Waals surface area contributed by atoms with Gasteiger partial charge in [0.25, 0.3) is 0 Å². The van der Waals surface area contributed by atoms with Crippen molar-refractivity contribution in [3.8, 4) is 5.75 Å². The molecule has 0 amide bonds. The molecule has 3 rings (SSSR count). The molecule has 0 saturated carbocycles. The summed E-state index contributed by atoms with van der Waals surface area (Å²) < 4.78 is 33.0. The third kappa shape index (κ3) is 8.77. The standard InChI is InChI=1S/C29H30O11/c1-17(30)35-16-25-26(36-18(2)31)27(37-19(3)32)28(38-20(4)33)29(40-25)39-23-13-11-22(12-14-23)24(34)15-10-21-8-6-5-7-9-21/h5-15,25-29H,16H2,1-4H3. The van der Waals surface area contributed by atoms with Crippen LogP contribution in [0, 0.1) is 0 Å². The van der Waals surface area contributed by atoms with E-state index in [1.165, 1.54) is 37.3 Å². The van der Waals surface area contributed by atoms with Crippen LogP contribution in [0.15, 0.2) is 60.7 Å². The molecule has 1 heterocycles. The molecular formula is C29H30O11. The second-order valence-corrected chi connectivity index (χ2v) is 8.82. The van der Waals surface area contributed by atoms with Crippen molar-refractivity contribution in [3.05, 3.63) is 71.8 Å². The number of hydrogen-bond donors (Lipinski definition) is 0. The van der Waals surface area contributed by atoms with Crippen LogP contribution in [-0.4, -0.2) is 67.0 Å². The zero-order chi connectivity index (χ0) is 29.2. The van der Waals surface area contributed by atoms with Gasteiger partial charge in [-0.2, -0.15) is 0 Å². The van der Waals surface area contributed by atoms with Crippen LogP contribution < -0.4 is 4.74 Å². The van der Waals surface area contributed by atoms with Crippen LogP contribution in [0.4, 0.5) is 0 Å². The monoisotopic (exact) mass is 554 g/mol. The van der Waals surface area contributed by atoms with Gasteiger partial charge in [0.1, 0.15) is 18.5 Å².